The van der Waals surface area contributed by atoms with Crippen molar-refractivity contribution in [2.75, 3.05) is 11.9 Å². The van der Waals surface area contributed by atoms with E-state index in [9.17, 15) is 4.79 Å². The Morgan fingerprint density at radius 1 is 1.14 bits per heavy atom. The second-order valence-corrected chi connectivity index (χ2v) is 8.50. The van der Waals surface area contributed by atoms with Gasteiger partial charge in [0.25, 0.3) is 5.91 Å². The average molecular weight is 541 g/mol. The van der Waals surface area contributed by atoms with Crippen molar-refractivity contribution in [3.05, 3.63) is 79.1 Å². The lowest BCUT2D eigenvalue weighted by Gasteiger charge is -2.11. The van der Waals surface area contributed by atoms with Crippen LogP contribution in [0.2, 0.25) is 10.0 Å². The number of amides is 1. The molecule has 5 nitrogen and oxygen atoms in total. The highest BCUT2D eigenvalue weighted by Gasteiger charge is 2.12. The number of hydrogen-bond donors (Lipinski definition) is 2. The Balaban J connectivity index is 1.65. The highest BCUT2D eigenvalue weighted by molar-refractivity contribution is 14.1. The molecule has 2 aromatic carbocycles. The number of aromatic nitrogens is 1. The number of hydrazone groups is 1. The van der Waals surface area contributed by atoms with Gasteiger partial charge in [-0.15, -0.1) is 0 Å². The quantitative estimate of drug-likeness (QED) is 0.244. The Hall–Kier alpha value is -2.03. The molecule has 3 aromatic rings. The Morgan fingerprint density at radius 2 is 1.86 bits per heavy atom. The number of carbonyl (C=O) groups excluding carboxylic acids is 1. The fraction of sp³-hybridized carbons (Fsp3) is 0.143. The van der Waals surface area contributed by atoms with Crippen LogP contribution in [0.25, 0.3) is 5.69 Å². The number of hydrogen-bond acceptors (Lipinski definition) is 3. The Kier molecular flexibility index (Phi) is 7.21. The predicted molar refractivity (Wildman–Crippen MR) is 129 cm³/mol. The van der Waals surface area contributed by atoms with Crippen molar-refractivity contribution < 1.29 is 4.79 Å². The normalized spacial score (nSPS) is 11.1. The standard InChI is InChI=1S/C21H19Cl2IN4O/c1-13-9-15(14(2)28(13)20-8-3-16(22)10-19(20)23)11-26-27-21(29)12-25-18-6-4-17(24)5-7-18/h3-11,25H,12H2,1-2H3,(H,27,29)/b26-11-. The van der Waals surface area contributed by atoms with E-state index in [1.165, 1.54) is 0 Å². The van der Waals surface area contributed by atoms with E-state index in [0.717, 1.165) is 31.9 Å². The number of halogens is 3. The Morgan fingerprint density at radius 3 is 2.55 bits per heavy atom. The summed E-state index contributed by atoms with van der Waals surface area (Å²) in [5.74, 6) is -0.227. The van der Waals surface area contributed by atoms with Crippen molar-refractivity contribution >= 4 is 63.6 Å². The number of carbonyl (C=O) groups is 1. The molecule has 0 saturated carbocycles. The molecular weight excluding hydrogens is 522 g/mol. The van der Waals surface area contributed by atoms with Gasteiger partial charge in [-0.05, 0) is 85.0 Å². The minimum atomic E-state index is -0.227. The smallest absolute Gasteiger partial charge is 0.259 e. The molecule has 0 aliphatic rings. The van der Waals surface area contributed by atoms with E-state index < -0.39 is 0 Å². The van der Waals surface area contributed by atoms with E-state index in [1.54, 1.807) is 18.3 Å². The van der Waals surface area contributed by atoms with Gasteiger partial charge in [-0.25, -0.2) is 5.43 Å². The Labute approximate surface area is 193 Å². The zero-order valence-electron chi connectivity index (χ0n) is 15.8. The summed E-state index contributed by atoms with van der Waals surface area (Å²) in [6.07, 6.45) is 1.63. The average Bonchev–Trinajstić information content (AvgIpc) is 2.95. The molecule has 1 aromatic heterocycles. The zero-order valence-corrected chi connectivity index (χ0v) is 19.5. The maximum atomic E-state index is 12.0. The van der Waals surface area contributed by atoms with Crippen LogP contribution in [-0.2, 0) is 4.79 Å². The van der Waals surface area contributed by atoms with E-state index in [-0.39, 0.29) is 12.5 Å². The maximum Gasteiger partial charge on any atom is 0.259 e. The van der Waals surface area contributed by atoms with Crippen LogP contribution in [0.3, 0.4) is 0 Å². The van der Waals surface area contributed by atoms with Gasteiger partial charge in [-0.3, -0.25) is 4.79 Å². The maximum absolute atomic E-state index is 12.0. The molecule has 8 heteroatoms. The lowest BCUT2D eigenvalue weighted by molar-refractivity contribution is -0.119. The highest BCUT2D eigenvalue weighted by Crippen LogP contribution is 2.28. The van der Waals surface area contributed by atoms with E-state index in [0.29, 0.717) is 10.0 Å². The fourth-order valence-corrected chi connectivity index (χ4v) is 3.77. The summed E-state index contributed by atoms with van der Waals surface area (Å²) >= 11 is 14.6. The molecule has 0 unspecified atom stereocenters. The van der Waals surface area contributed by atoms with Gasteiger partial charge in [0.2, 0.25) is 0 Å². The van der Waals surface area contributed by atoms with Crippen molar-refractivity contribution in [1.29, 1.82) is 0 Å². The summed E-state index contributed by atoms with van der Waals surface area (Å²) in [6.45, 7) is 4.09. The van der Waals surface area contributed by atoms with Gasteiger partial charge in [0.05, 0.1) is 23.5 Å². The van der Waals surface area contributed by atoms with E-state index >= 15 is 0 Å². The number of rotatable bonds is 6. The van der Waals surface area contributed by atoms with Crippen LogP contribution in [-0.4, -0.2) is 23.2 Å². The van der Waals surface area contributed by atoms with Crippen LogP contribution in [0.4, 0.5) is 5.69 Å². The van der Waals surface area contributed by atoms with Crippen LogP contribution in [0.15, 0.2) is 53.6 Å². The number of nitrogens with zero attached hydrogens (tertiary/aromatic N) is 2. The summed E-state index contributed by atoms with van der Waals surface area (Å²) in [5.41, 5.74) is 7.12. The van der Waals surface area contributed by atoms with Crippen LogP contribution in [0, 0.1) is 17.4 Å². The minimum absolute atomic E-state index is 0.136. The first-order chi connectivity index (χ1) is 13.8. The van der Waals surface area contributed by atoms with Gasteiger partial charge < -0.3 is 9.88 Å². The molecular formula is C21H19Cl2IN4O. The van der Waals surface area contributed by atoms with Gasteiger partial charge >= 0.3 is 0 Å². The van der Waals surface area contributed by atoms with E-state index in [4.69, 9.17) is 23.2 Å². The van der Waals surface area contributed by atoms with Gasteiger partial charge in [0.1, 0.15) is 0 Å². The van der Waals surface area contributed by atoms with E-state index in [1.807, 2.05) is 54.8 Å². The number of anilines is 1. The molecule has 150 valence electrons. The van der Waals surface area contributed by atoms with Crippen molar-refractivity contribution in [3.8, 4) is 5.69 Å². The molecule has 0 aliphatic heterocycles. The van der Waals surface area contributed by atoms with Crippen LogP contribution < -0.4 is 10.7 Å². The molecule has 0 bridgehead atoms. The van der Waals surface area contributed by atoms with Crippen LogP contribution >= 0.6 is 45.8 Å². The van der Waals surface area contributed by atoms with Gasteiger partial charge in [0, 0.05) is 31.2 Å². The summed E-state index contributed by atoms with van der Waals surface area (Å²) in [4.78, 5) is 12.0. The number of aryl methyl sites for hydroxylation is 1. The summed E-state index contributed by atoms with van der Waals surface area (Å²) in [6, 6.07) is 15.2. The topological polar surface area (TPSA) is 58.4 Å². The second-order valence-electron chi connectivity index (χ2n) is 6.41. The first-order valence-electron chi connectivity index (χ1n) is 8.81. The second kappa shape index (κ2) is 9.65. The van der Waals surface area contributed by atoms with Crippen LogP contribution in [0.1, 0.15) is 17.0 Å². The van der Waals surface area contributed by atoms with Crippen LogP contribution in [0.5, 0.6) is 0 Å². The molecule has 0 fully saturated rings. The molecule has 1 heterocycles. The van der Waals surface area contributed by atoms with Crippen molar-refractivity contribution in [2.24, 2.45) is 5.10 Å². The monoisotopic (exact) mass is 540 g/mol. The molecule has 0 atom stereocenters. The third-order valence-electron chi connectivity index (χ3n) is 4.31. The molecule has 29 heavy (non-hydrogen) atoms. The van der Waals surface area contributed by atoms with E-state index in [2.05, 4.69) is 38.4 Å². The number of benzene rings is 2. The molecule has 0 spiro atoms. The van der Waals surface area contributed by atoms with Gasteiger partial charge in [0.15, 0.2) is 0 Å². The fourth-order valence-electron chi connectivity index (χ4n) is 2.92. The number of nitrogens with one attached hydrogen (secondary N) is 2. The first kappa shape index (κ1) is 21.7. The van der Waals surface area contributed by atoms with Gasteiger partial charge in [-0.2, -0.15) is 5.10 Å². The van der Waals surface area contributed by atoms with Crippen molar-refractivity contribution in [2.45, 2.75) is 13.8 Å². The first-order valence-corrected chi connectivity index (χ1v) is 10.6. The molecule has 3 rings (SSSR count). The lowest BCUT2D eigenvalue weighted by Crippen LogP contribution is -2.25. The van der Waals surface area contributed by atoms with Gasteiger partial charge in [-0.1, -0.05) is 23.2 Å². The summed E-state index contributed by atoms with van der Waals surface area (Å²) in [7, 11) is 0. The molecule has 2 N–H and O–H groups in total. The SMILES string of the molecule is Cc1cc(/C=N\NC(=O)CNc2ccc(I)cc2)c(C)n1-c1ccc(Cl)cc1Cl. The molecule has 0 aliphatic carbocycles. The van der Waals surface area contributed by atoms with Crippen molar-refractivity contribution in [3.63, 3.8) is 0 Å². The molecule has 1 amide bonds. The molecule has 0 saturated heterocycles. The third kappa shape index (κ3) is 5.52. The minimum Gasteiger partial charge on any atom is -0.376 e. The highest BCUT2D eigenvalue weighted by atomic mass is 127. The Bertz CT molecular complexity index is 1060. The zero-order chi connectivity index (χ0) is 21.0. The summed E-state index contributed by atoms with van der Waals surface area (Å²) < 4.78 is 3.17. The molecule has 0 radical (unpaired) electrons. The summed E-state index contributed by atoms with van der Waals surface area (Å²) in [5, 5.41) is 8.29. The lowest BCUT2D eigenvalue weighted by atomic mass is 10.2. The third-order valence-corrected chi connectivity index (χ3v) is 5.57. The van der Waals surface area contributed by atoms with Crippen molar-refractivity contribution in [1.82, 2.24) is 9.99 Å². The predicted octanol–water partition coefficient (Wildman–Crippen LogP) is 5.57. The largest absolute Gasteiger partial charge is 0.376 e.